The maximum absolute atomic E-state index is 9.86. The van der Waals surface area contributed by atoms with Crippen LogP contribution < -0.4 is 0 Å². The topological polar surface area (TPSA) is 74.6 Å². The second-order valence-corrected chi connectivity index (χ2v) is 1.67. The monoisotopic (exact) mass is 152 g/mol. The molecule has 0 fully saturated rings. The van der Waals surface area contributed by atoms with Crippen LogP contribution in [0.4, 0.5) is 0 Å². The number of hydrogen-bond acceptors (Lipinski definition) is 2. The second kappa shape index (κ2) is 7.39. The fourth-order valence-corrected chi connectivity index (χ4v) is 0.391. The predicted molar refractivity (Wildman–Crippen MR) is 40.8 cm³/mol. The molecule has 0 unspecified atom stereocenters. The molecule has 0 saturated heterocycles. The molecular formula is C6H9LiO4. The molecule has 0 radical (unpaired) electrons. The summed E-state index contributed by atoms with van der Waals surface area (Å²) in [5, 5.41) is 16.1. The van der Waals surface area contributed by atoms with Crippen molar-refractivity contribution in [3.05, 3.63) is 12.2 Å². The van der Waals surface area contributed by atoms with E-state index in [0.717, 1.165) is 6.08 Å². The van der Waals surface area contributed by atoms with Crippen LogP contribution in [0.1, 0.15) is 12.8 Å². The van der Waals surface area contributed by atoms with E-state index < -0.39 is 11.9 Å². The standard InChI is InChI=1S/C6H8O4.Li.H/c7-5(8)3-1-2-4-6(9)10;;/h1,3H,2,4H2,(H,7,8)(H,9,10);;. The minimum absolute atomic E-state index is 0. The third-order valence-corrected chi connectivity index (χ3v) is 0.785. The summed E-state index contributed by atoms with van der Waals surface area (Å²) in [5.41, 5.74) is 0. The van der Waals surface area contributed by atoms with Crippen molar-refractivity contribution in [2.24, 2.45) is 0 Å². The average Bonchev–Trinajstić information content (AvgIpc) is 1.79. The molecule has 0 atom stereocenters. The number of carboxylic acid groups (broad SMARTS) is 2. The zero-order chi connectivity index (χ0) is 7.98. The first-order valence-electron chi connectivity index (χ1n) is 2.74. The summed E-state index contributed by atoms with van der Waals surface area (Å²) < 4.78 is 0. The summed E-state index contributed by atoms with van der Waals surface area (Å²) in [7, 11) is 0. The molecule has 0 aromatic heterocycles. The zero-order valence-electron chi connectivity index (χ0n) is 5.28. The van der Waals surface area contributed by atoms with Gasteiger partial charge in [0.1, 0.15) is 0 Å². The number of carbonyl (C=O) groups is 2. The van der Waals surface area contributed by atoms with Gasteiger partial charge in [-0.25, -0.2) is 4.79 Å². The Morgan fingerprint density at radius 3 is 2.18 bits per heavy atom. The van der Waals surface area contributed by atoms with Crippen molar-refractivity contribution in [2.45, 2.75) is 12.8 Å². The molecule has 0 aromatic carbocycles. The van der Waals surface area contributed by atoms with Crippen LogP contribution in [0.3, 0.4) is 0 Å². The molecule has 58 valence electrons. The van der Waals surface area contributed by atoms with Gasteiger partial charge in [0.2, 0.25) is 0 Å². The summed E-state index contributed by atoms with van der Waals surface area (Å²) in [6.45, 7) is 0. The van der Waals surface area contributed by atoms with Gasteiger partial charge in [0.25, 0.3) is 0 Å². The number of aliphatic carboxylic acids is 2. The van der Waals surface area contributed by atoms with Gasteiger partial charge in [0.15, 0.2) is 0 Å². The van der Waals surface area contributed by atoms with Crippen LogP contribution in [0, 0.1) is 0 Å². The third-order valence-electron chi connectivity index (χ3n) is 0.785. The number of allylic oxidation sites excluding steroid dienone is 1. The Kier molecular flexibility index (Phi) is 8.67. The summed E-state index contributed by atoms with van der Waals surface area (Å²) in [6, 6.07) is 0. The van der Waals surface area contributed by atoms with Crippen molar-refractivity contribution >= 4 is 30.8 Å². The van der Waals surface area contributed by atoms with E-state index in [1.54, 1.807) is 0 Å². The van der Waals surface area contributed by atoms with Gasteiger partial charge in [0.05, 0.1) is 0 Å². The van der Waals surface area contributed by atoms with Crippen LogP contribution in [-0.2, 0) is 9.59 Å². The molecule has 0 aliphatic rings. The third kappa shape index (κ3) is 12.5. The number of carboxylic acids is 2. The van der Waals surface area contributed by atoms with Gasteiger partial charge in [0, 0.05) is 12.5 Å². The molecule has 4 nitrogen and oxygen atoms in total. The Morgan fingerprint density at radius 2 is 1.82 bits per heavy atom. The minimum atomic E-state index is -1.05. The van der Waals surface area contributed by atoms with Crippen LogP contribution in [0.25, 0.3) is 0 Å². The molecule has 0 aromatic rings. The van der Waals surface area contributed by atoms with Gasteiger partial charge < -0.3 is 10.2 Å². The quantitative estimate of drug-likeness (QED) is 0.433. The summed E-state index contributed by atoms with van der Waals surface area (Å²) in [4.78, 5) is 19.7. The molecule has 0 aliphatic heterocycles. The maximum atomic E-state index is 9.86. The van der Waals surface area contributed by atoms with Crippen LogP contribution in [0.5, 0.6) is 0 Å². The predicted octanol–water partition coefficient (Wildman–Crippen LogP) is -0.156. The van der Waals surface area contributed by atoms with Crippen molar-refractivity contribution in [1.82, 2.24) is 0 Å². The van der Waals surface area contributed by atoms with E-state index in [9.17, 15) is 9.59 Å². The van der Waals surface area contributed by atoms with Gasteiger partial charge in [-0.2, -0.15) is 0 Å². The second-order valence-electron chi connectivity index (χ2n) is 1.67. The molecule has 0 amide bonds. The fourth-order valence-electron chi connectivity index (χ4n) is 0.391. The van der Waals surface area contributed by atoms with E-state index in [-0.39, 0.29) is 31.7 Å². The van der Waals surface area contributed by atoms with E-state index >= 15 is 0 Å². The first kappa shape index (κ1) is 12.9. The zero-order valence-corrected chi connectivity index (χ0v) is 5.28. The van der Waals surface area contributed by atoms with E-state index in [0.29, 0.717) is 0 Å². The molecule has 0 heterocycles. The summed E-state index contributed by atoms with van der Waals surface area (Å²) in [5.74, 6) is -1.97. The van der Waals surface area contributed by atoms with E-state index in [1.807, 2.05) is 0 Å². The number of hydrogen-bond donors (Lipinski definition) is 2. The Hall–Kier alpha value is -0.723. The summed E-state index contributed by atoms with van der Waals surface area (Å²) >= 11 is 0. The molecule has 0 aliphatic carbocycles. The van der Waals surface area contributed by atoms with E-state index in [2.05, 4.69) is 0 Å². The van der Waals surface area contributed by atoms with Gasteiger partial charge in [-0.1, -0.05) is 6.08 Å². The van der Waals surface area contributed by atoms with Gasteiger partial charge in [-0.15, -0.1) is 0 Å². The molecule has 0 rings (SSSR count). The van der Waals surface area contributed by atoms with Crippen LogP contribution in [-0.4, -0.2) is 41.0 Å². The normalized spacial score (nSPS) is 9.09. The molecule has 2 N–H and O–H groups in total. The Balaban J connectivity index is 0. The van der Waals surface area contributed by atoms with Gasteiger partial charge >= 0.3 is 30.8 Å². The first-order valence-corrected chi connectivity index (χ1v) is 2.74. The molecular weight excluding hydrogens is 143 g/mol. The van der Waals surface area contributed by atoms with Crippen molar-refractivity contribution < 1.29 is 19.8 Å². The average molecular weight is 152 g/mol. The van der Waals surface area contributed by atoms with Crippen LogP contribution in [0.15, 0.2) is 12.2 Å². The van der Waals surface area contributed by atoms with Crippen molar-refractivity contribution in [2.75, 3.05) is 0 Å². The Morgan fingerprint density at radius 1 is 1.27 bits per heavy atom. The van der Waals surface area contributed by atoms with Crippen molar-refractivity contribution in [3.63, 3.8) is 0 Å². The van der Waals surface area contributed by atoms with Crippen molar-refractivity contribution in [1.29, 1.82) is 0 Å². The fraction of sp³-hybridized carbons (Fsp3) is 0.333. The molecule has 0 bridgehead atoms. The SMILES string of the molecule is O=C(O)C=CCCC(=O)O.[LiH]. The van der Waals surface area contributed by atoms with Crippen molar-refractivity contribution in [3.8, 4) is 0 Å². The van der Waals surface area contributed by atoms with Crippen LogP contribution >= 0.6 is 0 Å². The van der Waals surface area contributed by atoms with E-state index in [1.165, 1.54) is 6.08 Å². The van der Waals surface area contributed by atoms with E-state index in [4.69, 9.17) is 10.2 Å². The molecule has 0 saturated carbocycles. The van der Waals surface area contributed by atoms with Gasteiger partial charge in [-0.05, 0) is 6.42 Å². The summed E-state index contributed by atoms with van der Waals surface area (Å²) in [6.07, 6.45) is 2.49. The Labute approximate surface area is 76.1 Å². The molecule has 5 heteroatoms. The van der Waals surface area contributed by atoms with Gasteiger partial charge in [-0.3, -0.25) is 4.79 Å². The molecule has 0 spiro atoms. The van der Waals surface area contributed by atoms with Crippen LogP contribution in [0.2, 0.25) is 0 Å². The Bertz CT molecular complexity index is 164. The first-order chi connectivity index (χ1) is 4.63. The molecule has 11 heavy (non-hydrogen) atoms. The number of rotatable bonds is 4.